The molecular weight excluding hydrogens is 230 g/mol. The molecule has 0 bridgehead atoms. The number of ether oxygens (including phenoxy) is 1. The highest BCUT2D eigenvalue weighted by Gasteiger charge is 2.15. The van der Waals surface area contributed by atoms with Gasteiger partial charge in [-0.05, 0) is 47.3 Å². The van der Waals surface area contributed by atoms with Gasteiger partial charge in [0.2, 0.25) is 0 Å². The third-order valence-corrected chi connectivity index (χ3v) is 2.41. The molecule has 5 nitrogen and oxygen atoms in total. The van der Waals surface area contributed by atoms with Crippen molar-refractivity contribution in [3.05, 3.63) is 0 Å². The number of hydrogen-bond acceptors (Lipinski definition) is 4. The molecule has 0 aromatic rings. The summed E-state index contributed by atoms with van der Waals surface area (Å²) in [5.74, 6) is 0. The van der Waals surface area contributed by atoms with Gasteiger partial charge in [-0.15, -0.1) is 0 Å². The fourth-order valence-corrected chi connectivity index (χ4v) is 1.27. The van der Waals surface area contributed by atoms with Crippen LogP contribution >= 0.6 is 0 Å². The minimum Gasteiger partial charge on any atom is -0.444 e. The smallest absolute Gasteiger partial charge is 0.407 e. The van der Waals surface area contributed by atoms with Crippen LogP contribution in [0.5, 0.6) is 0 Å². The van der Waals surface area contributed by atoms with Crippen LogP contribution in [0.25, 0.3) is 0 Å². The number of likely N-dealkylation sites (N-methyl/N-ethyl adjacent to an activating group) is 1. The molecule has 0 spiro atoms. The van der Waals surface area contributed by atoms with Crippen molar-refractivity contribution in [1.82, 2.24) is 15.5 Å². The van der Waals surface area contributed by atoms with Gasteiger partial charge in [0.15, 0.2) is 0 Å². The average molecular weight is 259 g/mol. The largest absolute Gasteiger partial charge is 0.444 e. The van der Waals surface area contributed by atoms with Crippen LogP contribution < -0.4 is 10.6 Å². The zero-order valence-electron chi connectivity index (χ0n) is 12.5. The molecule has 0 aliphatic carbocycles. The molecule has 0 saturated carbocycles. The van der Waals surface area contributed by atoms with Crippen LogP contribution in [0, 0.1) is 0 Å². The van der Waals surface area contributed by atoms with Crippen molar-refractivity contribution in [1.29, 1.82) is 0 Å². The van der Waals surface area contributed by atoms with Gasteiger partial charge in [-0.3, -0.25) is 0 Å². The van der Waals surface area contributed by atoms with Crippen molar-refractivity contribution in [2.24, 2.45) is 0 Å². The monoisotopic (exact) mass is 259 g/mol. The SMILES string of the molecule is CCN(C)CCNCCCNC(=O)OC(C)(C)C. The Labute approximate surface area is 111 Å². The first-order valence-electron chi connectivity index (χ1n) is 6.71. The first kappa shape index (κ1) is 17.2. The Morgan fingerprint density at radius 3 is 2.44 bits per heavy atom. The van der Waals surface area contributed by atoms with Crippen LogP contribution in [0.3, 0.4) is 0 Å². The van der Waals surface area contributed by atoms with Crippen LogP contribution in [-0.4, -0.2) is 56.4 Å². The Balaban J connectivity index is 3.33. The van der Waals surface area contributed by atoms with Crippen molar-refractivity contribution in [2.75, 3.05) is 39.8 Å². The van der Waals surface area contributed by atoms with Crippen LogP contribution in [0.1, 0.15) is 34.1 Å². The van der Waals surface area contributed by atoms with E-state index in [1.807, 2.05) is 20.8 Å². The molecule has 0 radical (unpaired) electrons. The summed E-state index contributed by atoms with van der Waals surface area (Å²) in [4.78, 5) is 13.6. The van der Waals surface area contributed by atoms with Gasteiger partial charge in [0.05, 0.1) is 0 Å². The molecule has 0 saturated heterocycles. The topological polar surface area (TPSA) is 53.6 Å². The van der Waals surface area contributed by atoms with Gasteiger partial charge < -0.3 is 20.3 Å². The summed E-state index contributed by atoms with van der Waals surface area (Å²) < 4.78 is 5.13. The standard InChI is InChI=1S/C13H29N3O2/c1-6-16(5)11-10-14-8-7-9-15-12(17)18-13(2,3)4/h14H,6-11H2,1-5H3,(H,15,17). The highest BCUT2D eigenvalue weighted by molar-refractivity contribution is 5.67. The Bertz CT molecular complexity index is 227. The Morgan fingerprint density at radius 1 is 1.22 bits per heavy atom. The number of amides is 1. The van der Waals surface area contributed by atoms with Crippen LogP contribution in [0.2, 0.25) is 0 Å². The lowest BCUT2D eigenvalue weighted by atomic mass is 10.2. The summed E-state index contributed by atoms with van der Waals surface area (Å²) in [6, 6.07) is 0. The molecule has 0 aliphatic heterocycles. The lowest BCUT2D eigenvalue weighted by Gasteiger charge is -2.19. The Morgan fingerprint density at radius 2 is 1.89 bits per heavy atom. The molecule has 0 unspecified atom stereocenters. The molecule has 18 heavy (non-hydrogen) atoms. The quantitative estimate of drug-likeness (QED) is 0.648. The second kappa shape index (κ2) is 9.16. The molecule has 2 N–H and O–H groups in total. The van der Waals surface area contributed by atoms with Crippen molar-refractivity contribution in [3.63, 3.8) is 0 Å². The molecule has 0 aliphatic rings. The van der Waals surface area contributed by atoms with E-state index in [-0.39, 0.29) is 6.09 Å². The summed E-state index contributed by atoms with van der Waals surface area (Å²) >= 11 is 0. The van der Waals surface area contributed by atoms with E-state index < -0.39 is 5.60 Å². The first-order chi connectivity index (χ1) is 8.35. The maximum atomic E-state index is 11.3. The maximum absolute atomic E-state index is 11.3. The van der Waals surface area contributed by atoms with E-state index in [1.54, 1.807) is 0 Å². The Hall–Kier alpha value is -0.810. The molecule has 0 aromatic heterocycles. The molecule has 0 rings (SSSR count). The summed E-state index contributed by atoms with van der Waals surface area (Å²) in [6.07, 6.45) is 0.572. The lowest BCUT2D eigenvalue weighted by molar-refractivity contribution is 0.0527. The minimum atomic E-state index is -0.424. The van der Waals surface area contributed by atoms with Crippen molar-refractivity contribution < 1.29 is 9.53 Å². The normalized spacial score (nSPS) is 11.7. The summed E-state index contributed by atoms with van der Waals surface area (Å²) in [5.41, 5.74) is -0.424. The number of alkyl carbamates (subject to hydrolysis) is 1. The highest BCUT2D eigenvalue weighted by atomic mass is 16.6. The fourth-order valence-electron chi connectivity index (χ4n) is 1.27. The van der Waals surface area contributed by atoms with Crippen molar-refractivity contribution >= 4 is 6.09 Å². The number of carbonyl (C=O) groups excluding carboxylic acids is 1. The first-order valence-corrected chi connectivity index (χ1v) is 6.71. The van der Waals surface area contributed by atoms with Gasteiger partial charge in [0.1, 0.15) is 5.60 Å². The van der Waals surface area contributed by atoms with Crippen molar-refractivity contribution in [3.8, 4) is 0 Å². The lowest BCUT2D eigenvalue weighted by Crippen LogP contribution is -2.34. The minimum absolute atomic E-state index is 0.340. The predicted molar refractivity (Wildman–Crippen MR) is 74.9 cm³/mol. The van der Waals surface area contributed by atoms with E-state index in [9.17, 15) is 4.79 Å². The van der Waals surface area contributed by atoms with E-state index in [2.05, 4.69) is 29.5 Å². The second-order valence-electron chi connectivity index (χ2n) is 5.43. The number of carbonyl (C=O) groups is 1. The molecule has 1 amide bonds. The number of nitrogens with one attached hydrogen (secondary N) is 2. The summed E-state index contributed by atoms with van der Waals surface area (Å²) in [6.45, 7) is 12.4. The molecule has 0 fully saturated rings. The van der Waals surface area contributed by atoms with Crippen LogP contribution in [-0.2, 0) is 4.74 Å². The van der Waals surface area contributed by atoms with E-state index in [4.69, 9.17) is 4.74 Å². The fraction of sp³-hybridized carbons (Fsp3) is 0.923. The van der Waals surface area contributed by atoms with E-state index in [0.29, 0.717) is 6.54 Å². The zero-order chi connectivity index (χ0) is 14.0. The van der Waals surface area contributed by atoms with E-state index in [1.165, 1.54) is 0 Å². The zero-order valence-corrected chi connectivity index (χ0v) is 12.5. The molecule has 5 heteroatoms. The second-order valence-corrected chi connectivity index (χ2v) is 5.43. The van der Waals surface area contributed by atoms with Crippen LogP contribution in [0.4, 0.5) is 4.79 Å². The third-order valence-electron chi connectivity index (χ3n) is 2.41. The van der Waals surface area contributed by atoms with Gasteiger partial charge in [0, 0.05) is 19.6 Å². The predicted octanol–water partition coefficient (Wildman–Crippen LogP) is 1.44. The average Bonchev–Trinajstić information content (AvgIpc) is 2.25. The summed E-state index contributed by atoms with van der Waals surface area (Å²) in [7, 11) is 2.10. The highest BCUT2D eigenvalue weighted by Crippen LogP contribution is 2.06. The van der Waals surface area contributed by atoms with E-state index >= 15 is 0 Å². The molecule has 0 heterocycles. The van der Waals surface area contributed by atoms with Gasteiger partial charge >= 0.3 is 6.09 Å². The van der Waals surface area contributed by atoms with Crippen molar-refractivity contribution in [2.45, 2.75) is 39.7 Å². The summed E-state index contributed by atoms with van der Waals surface area (Å²) in [5, 5.41) is 6.08. The maximum Gasteiger partial charge on any atom is 0.407 e. The number of rotatable bonds is 8. The van der Waals surface area contributed by atoms with E-state index in [0.717, 1.165) is 32.6 Å². The Kier molecular flexibility index (Phi) is 8.75. The molecule has 0 atom stereocenters. The number of nitrogens with zero attached hydrogens (tertiary/aromatic N) is 1. The van der Waals surface area contributed by atoms with Gasteiger partial charge in [0.25, 0.3) is 0 Å². The van der Waals surface area contributed by atoms with Gasteiger partial charge in [-0.2, -0.15) is 0 Å². The molecule has 108 valence electrons. The third kappa shape index (κ3) is 11.7. The van der Waals surface area contributed by atoms with Gasteiger partial charge in [-0.1, -0.05) is 6.92 Å². The number of hydrogen-bond donors (Lipinski definition) is 2. The molecule has 0 aromatic carbocycles. The van der Waals surface area contributed by atoms with Gasteiger partial charge in [-0.25, -0.2) is 4.79 Å². The van der Waals surface area contributed by atoms with Crippen LogP contribution in [0.15, 0.2) is 0 Å². The molecular formula is C13H29N3O2.